The minimum Gasteiger partial charge on any atom is 0 e. The van der Waals surface area contributed by atoms with E-state index in [2.05, 4.69) is 36.4 Å². The Hall–Kier alpha value is -1.75. The van der Waals surface area contributed by atoms with Crippen LogP contribution in [0.5, 0.6) is 0 Å². The first-order valence-corrected chi connectivity index (χ1v) is 9.50. The second-order valence-corrected chi connectivity index (χ2v) is 8.67. The van der Waals surface area contributed by atoms with Gasteiger partial charge in [0.15, 0.2) is 0 Å². The Balaban J connectivity index is 0.00000208. The van der Waals surface area contributed by atoms with Gasteiger partial charge in [-0.05, 0) is 0 Å². The molecule has 0 aliphatic heterocycles. The maximum atomic E-state index is 12.0. The molecule has 3 aromatic rings. The van der Waals surface area contributed by atoms with Gasteiger partial charge in [0.1, 0.15) is 0 Å². The summed E-state index contributed by atoms with van der Waals surface area (Å²) in [5.41, 5.74) is 0. The molecule has 0 radical (unpaired) electrons. The molecule has 0 saturated carbocycles. The molecular formula is C20H19O2PPt. The van der Waals surface area contributed by atoms with Gasteiger partial charge >= 0.3 is 137 Å². The van der Waals surface area contributed by atoms with Gasteiger partial charge < -0.3 is 0 Å². The normalized spacial score (nSPS) is 11.2. The summed E-state index contributed by atoms with van der Waals surface area (Å²) < 4.78 is 6.10. The van der Waals surface area contributed by atoms with Crippen LogP contribution in [0.15, 0.2) is 91.0 Å². The first-order chi connectivity index (χ1) is 11.2. The van der Waals surface area contributed by atoms with Crippen molar-refractivity contribution in [2.24, 2.45) is 0 Å². The number of carbonyl (C=O) groups excluding carboxylic acids is 1. The molecule has 3 rings (SSSR count). The topological polar surface area (TPSA) is 26.3 Å². The van der Waals surface area contributed by atoms with Crippen LogP contribution in [0.25, 0.3) is 0 Å². The van der Waals surface area contributed by atoms with Gasteiger partial charge in [0, 0.05) is 21.1 Å². The Labute approximate surface area is 157 Å². The van der Waals surface area contributed by atoms with Crippen LogP contribution in [0.3, 0.4) is 0 Å². The zero-order valence-corrected chi connectivity index (χ0v) is 16.6. The van der Waals surface area contributed by atoms with Crippen molar-refractivity contribution in [1.29, 1.82) is 0 Å². The first kappa shape index (κ1) is 18.6. The molecular weight excluding hydrogens is 498 g/mol. The van der Waals surface area contributed by atoms with E-state index in [1.165, 1.54) is 6.92 Å². The van der Waals surface area contributed by atoms with Crippen LogP contribution in [0.1, 0.15) is 6.92 Å². The molecule has 0 bridgehead atoms. The number of hydrogen-bond acceptors (Lipinski definition) is 2. The molecule has 4 heteroatoms. The van der Waals surface area contributed by atoms with Crippen LogP contribution in [-0.4, -0.2) is 5.97 Å². The Bertz CT molecular complexity index is 680. The van der Waals surface area contributed by atoms with E-state index < -0.39 is 7.49 Å². The summed E-state index contributed by atoms with van der Waals surface area (Å²) in [7, 11) is -2.84. The van der Waals surface area contributed by atoms with Crippen LogP contribution in [0, 0.1) is 0 Å². The second-order valence-electron chi connectivity index (χ2n) is 5.37. The minimum atomic E-state index is -2.84. The fraction of sp³-hybridized carbons (Fsp3) is 0.0500. The SMILES string of the molecule is CC(=O)O[PH](c1ccccc1)(c1ccccc1)c1ccccc1.[Pt]. The predicted octanol–water partition coefficient (Wildman–Crippen LogP) is 3.19. The largest absolute Gasteiger partial charge is 0 e. The van der Waals surface area contributed by atoms with Gasteiger partial charge in [0.2, 0.25) is 0 Å². The number of rotatable bonds is 4. The zero-order chi connectivity index (χ0) is 16.1. The van der Waals surface area contributed by atoms with E-state index in [9.17, 15) is 4.79 Å². The van der Waals surface area contributed by atoms with Gasteiger partial charge in [-0.15, -0.1) is 0 Å². The molecule has 0 amide bonds. The van der Waals surface area contributed by atoms with Crippen LogP contribution < -0.4 is 15.9 Å². The Kier molecular flexibility index (Phi) is 6.49. The maximum Gasteiger partial charge on any atom is 0 e. The van der Waals surface area contributed by atoms with E-state index in [0.29, 0.717) is 0 Å². The predicted molar refractivity (Wildman–Crippen MR) is 98.3 cm³/mol. The van der Waals surface area contributed by atoms with Crippen LogP contribution >= 0.6 is 7.49 Å². The summed E-state index contributed by atoms with van der Waals surface area (Å²) in [6.45, 7) is 1.48. The summed E-state index contributed by atoms with van der Waals surface area (Å²) in [5.74, 6) is -0.256. The Morgan fingerprint density at radius 1 is 0.667 bits per heavy atom. The van der Waals surface area contributed by atoms with Crippen molar-refractivity contribution < 1.29 is 30.4 Å². The van der Waals surface area contributed by atoms with Crippen molar-refractivity contribution >= 4 is 29.4 Å². The summed E-state index contributed by atoms with van der Waals surface area (Å²) in [6, 6.07) is 30.2. The van der Waals surface area contributed by atoms with Crippen molar-refractivity contribution in [1.82, 2.24) is 0 Å². The molecule has 126 valence electrons. The molecule has 0 aliphatic rings. The molecule has 0 unspecified atom stereocenters. The number of carbonyl (C=O) groups is 1. The monoisotopic (exact) mass is 517 g/mol. The molecule has 2 nitrogen and oxygen atoms in total. The third kappa shape index (κ3) is 3.66. The molecule has 0 atom stereocenters. The van der Waals surface area contributed by atoms with Crippen molar-refractivity contribution in [3.63, 3.8) is 0 Å². The van der Waals surface area contributed by atoms with Gasteiger partial charge in [-0.25, -0.2) is 0 Å². The average molecular weight is 517 g/mol. The van der Waals surface area contributed by atoms with E-state index in [-0.39, 0.29) is 27.0 Å². The molecule has 0 spiro atoms. The Morgan fingerprint density at radius 3 is 1.21 bits per heavy atom. The Morgan fingerprint density at radius 2 is 0.958 bits per heavy atom. The van der Waals surface area contributed by atoms with E-state index in [0.717, 1.165) is 15.9 Å². The standard InChI is InChI=1S/C20H19O2P.Pt/c1-17(21)22-23(18-11-5-2-6-12-18,19-13-7-3-8-14-19)20-15-9-4-10-16-20;/h2-16,23H,1H3;. The van der Waals surface area contributed by atoms with E-state index in [1.54, 1.807) is 0 Å². The quantitative estimate of drug-likeness (QED) is 0.498. The summed E-state index contributed by atoms with van der Waals surface area (Å²) in [5, 5.41) is 3.19. The van der Waals surface area contributed by atoms with Gasteiger partial charge in [-0.2, -0.15) is 0 Å². The number of hydrogen-bond donors (Lipinski definition) is 0. The van der Waals surface area contributed by atoms with Crippen molar-refractivity contribution in [3.05, 3.63) is 91.0 Å². The summed E-state index contributed by atoms with van der Waals surface area (Å²) in [6.07, 6.45) is 0. The summed E-state index contributed by atoms with van der Waals surface area (Å²) in [4.78, 5) is 12.0. The molecule has 3 aromatic carbocycles. The van der Waals surface area contributed by atoms with Crippen molar-refractivity contribution in [2.75, 3.05) is 0 Å². The molecule has 0 saturated heterocycles. The van der Waals surface area contributed by atoms with Crippen LogP contribution in [-0.2, 0) is 30.4 Å². The third-order valence-corrected chi connectivity index (χ3v) is 7.87. The van der Waals surface area contributed by atoms with Gasteiger partial charge in [-0.3, -0.25) is 0 Å². The molecule has 0 aliphatic carbocycles. The van der Waals surface area contributed by atoms with Gasteiger partial charge in [0.25, 0.3) is 0 Å². The molecule has 0 aromatic heterocycles. The molecule has 0 heterocycles. The van der Waals surface area contributed by atoms with E-state index in [4.69, 9.17) is 4.52 Å². The van der Waals surface area contributed by atoms with E-state index in [1.807, 2.05) is 54.6 Å². The van der Waals surface area contributed by atoms with Gasteiger partial charge in [0.05, 0.1) is 0 Å². The van der Waals surface area contributed by atoms with Crippen molar-refractivity contribution in [2.45, 2.75) is 6.92 Å². The fourth-order valence-electron chi connectivity index (χ4n) is 2.91. The average Bonchev–Trinajstić information content (AvgIpc) is 2.62. The van der Waals surface area contributed by atoms with E-state index >= 15 is 0 Å². The van der Waals surface area contributed by atoms with Crippen molar-refractivity contribution in [3.8, 4) is 0 Å². The smallest absolute Gasteiger partial charge is 0 e. The first-order valence-electron chi connectivity index (χ1n) is 7.59. The van der Waals surface area contributed by atoms with Crippen LogP contribution in [0.2, 0.25) is 0 Å². The zero-order valence-electron chi connectivity index (χ0n) is 13.3. The van der Waals surface area contributed by atoms with Gasteiger partial charge in [-0.1, -0.05) is 0 Å². The second kappa shape index (κ2) is 8.38. The number of benzene rings is 3. The molecule has 0 N–H and O–H groups in total. The van der Waals surface area contributed by atoms with Crippen LogP contribution in [0.4, 0.5) is 0 Å². The summed E-state index contributed by atoms with van der Waals surface area (Å²) >= 11 is 0. The fourth-order valence-corrected chi connectivity index (χ4v) is 6.68. The minimum absolute atomic E-state index is 0. The third-order valence-electron chi connectivity index (χ3n) is 3.84. The maximum absolute atomic E-state index is 12.0. The molecule has 24 heavy (non-hydrogen) atoms. The molecule has 0 fully saturated rings.